The third-order valence-electron chi connectivity index (χ3n) is 4.50. The van der Waals surface area contributed by atoms with E-state index >= 15 is 0 Å². The highest BCUT2D eigenvalue weighted by molar-refractivity contribution is 5.96. The van der Waals surface area contributed by atoms with Crippen LogP contribution in [0.25, 0.3) is 0 Å². The lowest BCUT2D eigenvalue weighted by Gasteiger charge is -2.24. The molecule has 0 bridgehead atoms. The quantitative estimate of drug-likeness (QED) is 0.899. The third kappa shape index (κ3) is 3.53. The van der Waals surface area contributed by atoms with Gasteiger partial charge in [-0.1, -0.05) is 37.3 Å². The lowest BCUT2D eigenvalue weighted by Crippen LogP contribution is -2.34. The molecule has 24 heavy (non-hydrogen) atoms. The van der Waals surface area contributed by atoms with E-state index in [2.05, 4.69) is 40.7 Å². The van der Waals surface area contributed by atoms with Gasteiger partial charge >= 0.3 is 0 Å². The summed E-state index contributed by atoms with van der Waals surface area (Å²) in [7, 11) is 0. The van der Waals surface area contributed by atoms with Gasteiger partial charge in [0.25, 0.3) is 0 Å². The van der Waals surface area contributed by atoms with Crippen LogP contribution >= 0.6 is 0 Å². The number of carbonyl (C=O) groups is 1. The molecule has 2 aromatic carbocycles. The molecule has 2 N–H and O–H groups in total. The van der Waals surface area contributed by atoms with Gasteiger partial charge in [-0.2, -0.15) is 0 Å². The summed E-state index contributed by atoms with van der Waals surface area (Å²) in [6, 6.07) is 14.4. The van der Waals surface area contributed by atoms with Crippen LogP contribution in [0.4, 0.5) is 17.1 Å². The number of nitrogens with zero attached hydrogens (tertiary/aromatic N) is 1. The van der Waals surface area contributed by atoms with E-state index in [1.165, 1.54) is 5.56 Å². The van der Waals surface area contributed by atoms with E-state index < -0.39 is 0 Å². The first-order valence-electron chi connectivity index (χ1n) is 8.65. The molecule has 3 rings (SSSR count). The van der Waals surface area contributed by atoms with Crippen LogP contribution in [0.3, 0.4) is 0 Å². The molecule has 0 spiro atoms. The van der Waals surface area contributed by atoms with Gasteiger partial charge in [0, 0.05) is 18.8 Å². The molecule has 4 nitrogen and oxygen atoms in total. The van der Waals surface area contributed by atoms with E-state index in [-0.39, 0.29) is 5.91 Å². The zero-order valence-electron chi connectivity index (χ0n) is 14.4. The number of rotatable bonds is 4. The second kappa shape index (κ2) is 7.39. The van der Waals surface area contributed by atoms with Crippen molar-refractivity contribution in [2.75, 3.05) is 35.2 Å². The van der Waals surface area contributed by atoms with Crippen LogP contribution in [0, 0.1) is 6.92 Å². The highest BCUT2D eigenvalue weighted by atomic mass is 16.2. The van der Waals surface area contributed by atoms with Crippen molar-refractivity contribution in [2.24, 2.45) is 0 Å². The van der Waals surface area contributed by atoms with Crippen LogP contribution in [0.5, 0.6) is 0 Å². The Bertz CT molecular complexity index is 727. The fraction of sp³-hybridized carbons (Fsp3) is 0.350. The van der Waals surface area contributed by atoms with Crippen molar-refractivity contribution < 1.29 is 4.79 Å². The fourth-order valence-corrected chi connectivity index (χ4v) is 3.23. The van der Waals surface area contributed by atoms with Crippen molar-refractivity contribution in [1.29, 1.82) is 0 Å². The molecule has 4 heteroatoms. The maximum absolute atomic E-state index is 12.6. The van der Waals surface area contributed by atoms with Gasteiger partial charge in [0.05, 0.1) is 17.9 Å². The number of aryl methyl sites for hydroxylation is 2. The molecule has 0 unspecified atom stereocenters. The number of benzene rings is 2. The Morgan fingerprint density at radius 1 is 1.21 bits per heavy atom. The van der Waals surface area contributed by atoms with Crippen molar-refractivity contribution >= 4 is 23.0 Å². The third-order valence-corrected chi connectivity index (χ3v) is 4.50. The van der Waals surface area contributed by atoms with E-state index in [0.29, 0.717) is 6.54 Å². The standard InChI is InChI=1S/C20H25N3O/c1-3-16-9-6-8-15(2)20(16)22-19(24)14-23-13-7-12-21-17-10-4-5-11-18(17)23/h4-6,8-11,21H,3,7,12-14H2,1-2H3,(H,22,24). The molecule has 126 valence electrons. The monoisotopic (exact) mass is 323 g/mol. The summed E-state index contributed by atoms with van der Waals surface area (Å²) >= 11 is 0. The lowest BCUT2D eigenvalue weighted by atomic mass is 10.1. The Kier molecular flexibility index (Phi) is 5.04. The van der Waals surface area contributed by atoms with Crippen molar-refractivity contribution in [3.63, 3.8) is 0 Å². The van der Waals surface area contributed by atoms with Crippen LogP contribution in [-0.4, -0.2) is 25.5 Å². The van der Waals surface area contributed by atoms with Gasteiger partial charge in [-0.25, -0.2) is 0 Å². The summed E-state index contributed by atoms with van der Waals surface area (Å²) in [5.41, 5.74) is 5.46. The Morgan fingerprint density at radius 3 is 2.88 bits per heavy atom. The Labute approximate surface area is 143 Å². The van der Waals surface area contributed by atoms with Crippen LogP contribution < -0.4 is 15.5 Å². The molecule has 0 radical (unpaired) electrons. The first-order chi connectivity index (χ1) is 11.7. The van der Waals surface area contributed by atoms with Crippen LogP contribution in [0.1, 0.15) is 24.5 Å². The maximum atomic E-state index is 12.6. The second-order valence-corrected chi connectivity index (χ2v) is 6.23. The van der Waals surface area contributed by atoms with E-state index in [1.807, 2.05) is 31.2 Å². The van der Waals surface area contributed by atoms with Gasteiger partial charge in [0.1, 0.15) is 0 Å². The average Bonchev–Trinajstić information content (AvgIpc) is 2.79. The summed E-state index contributed by atoms with van der Waals surface area (Å²) in [4.78, 5) is 14.8. The van der Waals surface area contributed by atoms with Crippen molar-refractivity contribution in [2.45, 2.75) is 26.7 Å². The van der Waals surface area contributed by atoms with Gasteiger partial charge in [-0.15, -0.1) is 0 Å². The Morgan fingerprint density at radius 2 is 2.04 bits per heavy atom. The molecule has 0 atom stereocenters. The van der Waals surface area contributed by atoms with E-state index in [4.69, 9.17) is 0 Å². The molecule has 0 saturated carbocycles. The molecule has 0 fully saturated rings. The minimum atomic E-state index is 0.0377. The minimum Gasteiger partial charge on any atom is -0.383 e. The Balaban J connectivity index is 1.76. The normalized spacial score (nSPS) is 13.7. The van der Waals surface area contributed by atoms with E-state index in [9.17, 15) is 4.79 Å². The summed E-state index contributed by atoms with van der Waals surface area (Å²) in [5.74, 6) is 0.0377. The summed E-state index contributed by atoms with van der Waals surface area (Å²) in [6.07, 6.45) is 1.93. The molecule has 1 amide bonds. The summed E-state index contributed by atoms with van der Waals surface area (Å²) < 4.78 is 0. The number of fused-ring (bicyclic) bond motifs is 1. The zero-order chi connectivity index (χ0) is 16.9. The van der Waals surface area contributed by atoms with Gasteiger partial charge in [-0.05, 0) is 43.0 Å². The molecule has 1 aliphatic heterocycles. The molecular formula is C20H25N3O. The number of para-hydroxylation sites is 3. The molecule has 1 heterocycles. The number of hydrogen-bond acceptors (Lipinski definition) is 3. The summed E-state index contributed by atoms with van der Waals surface area (Å²) in [6.45, 7) is 6.34. The van der Waals surface area contributed by atoms with Crippen LogP contribution in [0.2, 0.25) is 0 Å². The van der Waals surface area contributed by atoms with Crippen molar-refractivity contribution in [1.82, 2.24) is 0 Å². The number of nitrogens with one attached hydrogen (secondary N) is 2. The minimum absolute atomic E-state index is 0.0377. The van der Waals surface area contributed by atoms with Crippen molar-refractivity contribution in [3.05, 3.63) is 53.6 Å². The highest BCUT2D eigenvalue weighted by Crippen LogP contribution is 2.28. The van der Waals surface area contributed by atoms with Gasteiger partial charge in [0.2, 0.25) is 5.91 Å². The molecule has 0 aromatic heterocycles. The largest absolute Gasteiger partial charge is 0.383 e. The number of amides is 1. The molecule has 1 aliphatic rings. The van der Waals surface area contributed by atoms with Crippen LogP contribution in [-0.2, 0) is 11.2 Å². The summed E-state index contributed by atoms with van der Waals surface area (Å²) in [5, 5.41) is 6.56. The number of hydrogen-bond donors (Lipinski definition) is 2. The van der Waals surface area contributed by atoms with Gasteiger partial charge < -0.3 is 15.5 Å². The molecule has 0 saturated heterocycles. The fourth-order valence-electron chi connectivity index (χ4n) is 3.23. The smallest absolute Gasteiger partial charge is 0.243 e. The van der Waals surface area contributed by atoms with Gasteiger partial charge in [-0.3, -0.25) is 4.79 Å². The van der Waals surface area contributed by atoms with E-state index in [0.717, 1.165) is 48.6 Å². The predicted octanol–water partition coefficient (Wildman–Crippen LogP) is 3.82. The first-order valence-corrected chi connectivity index (χ1v) is 8.65. The zero-order valence-corrected chi connectivity index (χ0v) is 14.4. The SMILES string of the molecule is CCc1cccc(C)c1NC(=O)CN1CCCNc2ccccc21. The van der Waals surface area contributed by atoms with E-state index in [1.54, 1.807) is 0 Å². The molecule has 2 aromatic rings. The topological polar surface area (TPSA) is 44.4 Å². The van der Waals surface area contributed by atoms with Crippen molar-refractivity contribution in [3.8, 4) is 0 Å². The lowest BCUT2D eigenvalue weighted by molar-refractivity contribution is -0.115. The maximum Gasteiger partial charge on any atom is 0.243 e. The predicted molar refractivity (Wildman–Crippen MR) is 101 cm³/mol. The number of carbonyl (C=O) groups excluding carboxylic acids is 1. The highest BCUT2D eigenvalue weighted by Gasteiger charge is 2.18. The molecular weight excluding hydrogens is 298 g/mol. The van der Waals surface area contributed by atoms with Gasteiger partial charge in [0.15, 0.2) is 0 Å². The van der Waals surface area contributed by atoms with Crippen LogP contribution in [0.15, 0.2) is 42.5 Å². The second-order valence-electron chi connectivity index (χ2n) is 6.23. The first kappa shape index (κ1) is 16.4. The number of anilines is 3. The average molecular weight is 323 g/mol. The Hall–Kier alpha value is -2.49. The molecule has 0 aliphatic carbocycles.